The van der Waals surface area contributed by atoms with Gasteiger partial charge in [0.1, 0.15) is 0 Å². The molecule has 1 saturated heterocycles. The van der Waals surface area contributed by atoms with Gasteiger partial charge >= 0.3 is 0 Å². The lowest BCUT2D eigenvalue weighted by atomic mass is 10.0. The molecule has 2 heterocycles. The van der Waals surface area contributed by atoms with E-state index in [0.29, 0.717) is 25.4 Å². The Morgan fingerprint density at radius 3 is 2.93 bits per heavy atom. The number of nitrogens with zero attached hydrogens (tertiary/aromatic N) is 2. The van der Waals surface area contributed by atoms with E-state index < -0.39 is 6.04 Å². The summed E-state index contributed by atoms with van der Waals surface area (Å²) in [4.78, 5) is 27.2. The number of aromatic nitrogens is 1. The molecule has 1 fully saturated rings. The largest absolute Gasteiger partial charge is 0.359 e. The lowest BCUT2D eigenvalue weighted by molar-refractivity contribution is -0.134. The number of hydrogen-bond acceptors (Lipinski definition) is 5. The van der Waals surface area contributed by atoms with Crippen molar-refractivity contribution in [1.29, 1.82) is 0 Å². The molecule has 1 atom stereocenters. The first kappa shape index (κ1) is 20.1. The Balaban J connectivity index is 1.43. The molecule has 0 bridgehead atoms. The normalized spacial score (nSPS) is 17.1. The van der Waals surface area contributed by atoms with Crippen molar-refractivity contribution in [3.05, 3.63) is 65.5 Å². The molecule has 30 heavy (non-hydrogen) atoms. The molecular weight excluding hydrogens is 380 g/mol. The maximum atomic E-state index is 12.5. The van der Waals surface area contributed by atoms with Crippen LogP contribution in [0.1, 0.15) is 30.4 Å². The monoisotopic (exact) mass is 406 g/mol. The summed E-state index contributed by atoms with van der Waals surface area (Å²) in [6.07, 6.45) is 0.883. The van der Waals surface area contributed by atoms with Crippen LogP contribution in [0.25, 0.3) is 10.8 Å². The summed E-state index contributed by atoms with van der Waals surface area (Å²) in [6.45, 7) is 4.17. The van der Waals surface area contributed by atoms with Gasteiger partial charge in [0.2, 0.25) is 11.8 Å². The minimum absolute atomic E-state index is 0.103. The topological polar surface area (TPSA) is 87.5 Å². The SMILES string of the molecule is CCc1cc(CNC(=O)CC2C(=O)NCCN2Cc2cccc3ccccc23)on1. The summed E-state index contributed by atoms with van der Waals surface area (Å²) < 4.78 is 5.20. The van der Waals surface area contributed by atoms with Crippen molar-refractivity contribution in [2.45, 2.75) is 38.9 Å². The van der Waals surface area contributed by atoms with Gasteiger partial charge in [-0.1, -0.05) is 54.5 Å². The molecule has 1 aliphatic heterocycles. The molecular formula is C23H26N4O3. The lowest BCUT2D eigenvalue weighted by Gasteiger charge is -2.35. The van der Waals surface area contributed by atoms with Crippen molar-refractivity contribution in [3.8, 4) is 0 Å². The molecule has 3 aromatic rings. The van der Waals surface area contributed by atoms with E-state index in [1.54, 1.807) is 0 Å². The molecule has 2 N–H and O–H groups in total. The van der Waals surface area contributed by atoms with Crippen LogP contribution in [0.15, 0.2) is 53.1 Å². The summed E-state index contributed by atoms with van der Waals surface area (Å²) in [7, 11) is 0. The predicted molar refractivity (Wildman–Crippen MR) is 114 cm³/mol. The van der Waals surface area contributed by atoms with Gasteiger partial charge in [-0.25, -0.2) is 0 Å². The summed E-state index contributed by atoms with van der Waals surface area (Å²) in [5.74, 6) is 0.319. The van der Waals surface area contributed by atoms with Crippen molar-refractivity contribution in [2.24, 2.45) is 0 Å². The minimum Gasteiger partial charge on any atom is -0.359 e. The fraction of sp³-hybridized carbons (Fsp3) is 0.348. The number of hydrogen-bond donors (Lipinski definition) is 2. The van der Waals surface area contributed by atoms with Gasteiger partial charge < -0.3 is 15.2 Å². The number of amides is 2. The second-order valence-corrected chi connectivity index (χ2v) is 7.53. The van der Waals surface area contributed by atoms with Crippen molar-refractivity contribution in [1.82, 2.24) is 20.7 Å². The summed E-state index contributed by atoms with van der Waals surface area (Å²) in [5.41, 5.74) is 2.01. The van der Waals surface area contributed by atoms with Gasteiger partial charge in [-0.3, -0.25) is 14.5 Å². The van der Waals surface area contributed by atoms with Crippen LogP contribution in [0.4, 0.5) is 0 Å². The smallest absolute Gasteiger partial charge is 0.237 e. The molecule has 156 valence electrons. The van der Waals surface area contributed by atoms with Gasteiger partial charge in [0.05, 0.1) is 24.7 Å². The highest BCUT2D eigenvalue weighted by Crippen LogP contribution is 2.22. The van der Waals surface area contributed by atoms with Crippen LogP contribution in [-0.4, -0.2) is 41.0 Å². The average Bonchev–Trinajstić information content (AvgIpc) is 3.23. The summed E-state index contributed by atoms with van der Waals surface area (Å²) in [5, 5.41) is 12.0. The molecule has 2 aromatic carbocycles. The third-order valence-corrected chi connectivity index (χ3v) is 5.50. The van der Waals surface area contributed by atoms with Gasteiger partial charge in [0, 0.05) is 25.7 Å². The number of piperazine rings is 1. The van der Waals surface area contributed by atoms with Crippen LogP contribution in [0.2, 0.25) is 0 Å². The maximum Gasteiger partial charge on any atom is 0.237 e. The van der Waals surface area contributed by atoms with Crippen LogP contribution >= 0.6 is 0 Å². The van der Waals surface area contributed by atoms with Crippen molar-refractivity contribution >= 4 is 22.6 Å². The zero-order valence-corrected chi connectivity index (χ0v) is 17.1. The fourth-order valence-electron chi connectivity index (χ4n) is 3.86. The second kappa shape index (κ2) is 9.09. The van der Waals surface area contributed by atoms with Crippen molar-refractivity contribution < 1.29 is 14.1 Å². The van der Waals surface area contributed by atoms with Crippen LogP contribution in [0, 0.1) is 0 Å². The molecule has 0 radical (unpaired) electrons. The van der Waals surface area contributed by atoms with Gasteiger partial charge in [0.25, 0.3) is 0 Å². The van der Waals surface area contributed by atoms with Crippen LogP contribution in [0.5, 0.6) is 0 Å². The highest BCUT2D eigenvalue weighted by molar-refractivity contribution is 5.89. The molecule has 0 spiro atoms. The lowest BCUT2D eigenvalue weighted by Crippen LogP contribution is -2.56. The molecule has 1 aliphatic rings. The average molecular weight is 406 g/mol. The number of fused-ring (bicyclic) bond motifs is 1. The van der Waals surface area contributed by atoms with E-state index in [9.17, 15) is 9.59 Å². The minimum atomic E-state index is -0.501. The van der Waals surface area contributed by atoms with Crippen molar-refractivity contribution in [3.63, 3.8) is 0 Å². The molecule has 7 heteroatoms. The number of carbonyl (C=O) groups is 2. The first-order valence-corrected chi connectivity index (χ1v) is 10.3. The zero-order valence-electron chi connectivity index (χ0n) is 17.1. The standard InChI is InChI=1S/C23H26N4O3/c1-2-18-12-19(30-26-18)14-25-22(28)13-21-23(29)24-10-11-27(21)15-17-8-5-7-16-6-3-4-9-20(16)17/h3-9,12,21H,2,10-11,13-15H2,1H3,(H,24,29)(H,25,28). The molecule has 0 saturated carbocycles. The third-order valence-electron chi connectivity index (χ3n) is 5.50. The Labute approximate surface area is 175 Å². The quantitative estimate of drug-likeness (QED) is 0.629. The predicted octanol–water partition coefficient (Wildman–Crippen LogP) is 2.40. The first-order valence-electron chi connectivity index (χ1n) is 10.3. The second-order valence-electron chi connectivity index (χ2n) is 7.53. The van der Waals surface area contributed by atoms with Gasteiger partial charge in [0.15, 0.2) is 5.76 Å². The van der Waals surface area contributed by atoms with E-state index in [-0.39, 0.29) is 24.8 Å². The van der Waals surface area contributed by atoms with E-state index >= 15 is 0 Å². The van der Waals surface area contributed by atoms with Crippen LogP contribution in [0.3, 0.4) is 0 Å². The molecule has 4 rings (SSSR count). The molecule has 7 nitrogen and oxygen atoms in total. The Morgan fingerprint density at radius 2 is 2.10 bits per heavy atom. The van der Waals surface area contributed by atoms with Gasteiger partial charge in [-0.05, 0) is 22.8 Å². The van der Waals surface area contributed by atoms with Crippen molar-refractivity contribution in [2.75, 3.05) is 13.1 Å². The number of carbonyl (C=O) groups excluding carboxylic acids is 2. The van der Waals surface area contributed by atoms with Crippen LogP contribution < -0.4 is 10.6 Å². The zero-order chi connectivity index (χ0) is 20.9. The number of benzene rings is 2. The number of rotatable bonds is 7. The molecule has 1 aromatic heterocycles. The Hall–Kier alpha value is -3.19. The van der Waals surface area contributed by atoms with E-state index in [4.69, 9.17) is 4.52 Å². The van der Waals surface area contributed by atoms with Gasteiger partial charge in [-0.2, -0.15) is 0 Å². The van der Waals surface area contributed by atoms with E-state index in [2.05, 4.69) is 45.0 Å². The highest BCUT2D eigenvalue weighted by atomic mass is 16.5. The molecule has 1 unspecified atom stereocenters. The maximum absolute atomic E-state index is 12.5. The highest BCUT2D eigenvalue weighted by Gasteiger charge is 2.31. The van der Waals surface area contributed by atoms with E-state index in [1.165, 1.54) is 10.8 Å². The number of nitrogens with one attached hydrogen (secondary N) is 2. The first-order chi connectivity index (χ1) is 14.6. The van der Waals surface area contributed by atoms with E-state index in [0.717, 1.165) is 17.7 Å². The Morgan fingerprint density at radius 1 is 1.27 bits per heavy atom. The third kappa shape index (κ3) is 4.52. The van der Waals surface area contributed by atoms with E-state index in [1.807, 2.05) is 31.2 Å². The molecule has 2 amide bonds. The Kier molecular flexibility index (Phi) is 6.09. The summed E-state index contributed by atoms with van der Waals surface area (Å²) >= 11 is 0. The fourth-order valence-corrected chi connectivity index (χ4v) is 3.86. The van der Waals surface area contributed by atoms with Crippen LogP contribution in [-0.2, 0) is 29.1 Å². The number of aryl methyl sites for hydroxylation is 1. The molecule has 0 aliphatic carbocycles. The summed E-state index contributed by atoms with van der Waals surface area (Å²) in [6, 6.07) is 15.8. The van der Waals surface area contributed by atoms with Gasteiger partial charge in [-0.15, -0.1) is 0 Å². The Bertz CT molecular complexity index is 1040.